The molecule has 1 rings (SSSR count). The molecule has 1 aromatic carbocycles. The van der Waals surface area contributed by atoms with Crippen LogP contribution in [0.3, 0.4) is 0 Å². The number of phenols is 1. The van der Waals surface area contributed by atoms with Gasteiger partial charge in [-0.3, -0.25) is 14.9 Å². The molecule has 0 fully saturated rings. The molecule has 1 aromatic rings. The lowest BCUT2D eigenvalue weighted by atomic mass is 10.1. The fourth-order valence-corrected chi connectivity index (χ4v) is 1.84. The first-order valence-electron chi connectivity index (χ1n) is 6.17. The van der Waals surface area contributed by atoms with Crippen molar-refractivity contribution in [2.45, 2.75) is 33.2 Å². The maximum Gasteiger partial charge on any atom is 0.311 e. The van der Waals surface area contributed by atoms with Crippen molar-refractivity contribution in [3.63, 3.8) is 0 Å². The average molecular weight is 266 g/mol. The highest BCUT2D eigenvalue weighted by molar-refractivity contribution is 5.98. The molecule has 0 spiro atoms. The first-order chi connectivity index (χ1) is 8.90. The van der Waals surface area contributed by atoms with Crippen molar-refractivity contribution in [3.05, 3.63) is 33.9 Å². The summed E-state index contributed by atoms with van der Waals surface area (Å²) in [5.74, 6) is -0.961. The second kappa shape index (κ2) is 6.17. The van der Waals surface area contributed by atoms with E-state index in [0.717, 1.165) is 6.42 Å². The van der Waals surface area contributed by atoms with Crippen LogP contribution in [0, 0.1) is 10.1 Å². The monoisotopic (exact) mass is 266 g/mol. The number of aromatic hydroxyl groups is 1. The minimum absolute atomic E-state index is 0.0312. The summed E-state index contributed by atoms with van der Waals surface area (Å²) >= 11 is 0. The highest BCUT2D eigenvalue weighted by Crippen LogP contribution is 2.30. The molecule has 0 aliphatic carbocycles. The third-order valence-corrected chi connectivity index (χ3v) is 2.79. The molecule has 0 saturated carbocycles. The van der Waals surface area contributed by atoms with Gasteiger partial charge in [-0.25, -0.2) is 0 Å². The van der Waals surface area contributed by atoms with Gasteiger partial charge in [0, 0.05) is 18.7 Å². The maximum absolute atomic E-state index is 12.3. The first-order valence-corrected chi connectivity index (χ1v) is 6.17. The van der Waals surface area contributed by atoms with E-state index in [-0.39, 0.29) is 11.6 Å². The molecule has 0 saturated heterocycles. The number of hydrogen-bond acceptors (Lipinski definition) is 4. The number of rotatable bonds is 5. The van der Waals surface area contributed by atoms with Crippen molar-refractivity contribution in [3.8, 4) is 5.75 Å². The second-order valence-electron chi connectivity index (χ2n) is 4.52. The summed E-state index contributed by atoms with van der Waals surface area (Å²) in [4.78, 5) is 23.9. The molecular weight excluding hydrogens is 248 g/mol. The molecule has 104 valence electrons. The van der Waals surface area contributed by atoms with Gasteiger partial charge < -0.3 is 10.0 Å². The largest absolute Gasteiger partial charge is 0.502 e. The Labute approximate surface area is 111 Å². The van der Waals surface area contributed by atoms with Crippen LogP contribution in [0.2, 0.25) is 0 Å². The minimum atomic E-state index is -0.703. The number of hydrogen-bond donors (Lipinski definition) is 1. The highest BCUT2D eigenvalue weighted by atomic mass is 16.6. The van der Waals surface area contributed by atoms with Crippen LogP contribution in [0.5, 0.6) is 5.75 Å². The Hall–Kier alpha value is -2.11. The van der Waals surface area contributed by atoms with Gasteiger partial charge in [0.1, 0.15) is 0 Å². The van der Waals surface area contributed by atoms with Crippen LogP contribution in [0.4, 0.5) is 5.69 Å². The van der Waals surface area contributed by atoms with E-state index in [2.05, 4.69) is 0 Å². The number of para-hydroxylation sites is 1. The van der Waals surface area contributed by atoms with Gasteiger partial charge in [0.2, 0.25) is 5.75 Å². The van der Waals surface area contributed by atoms with Gasteiger partial charge in [0.25, 0.3) is 5.91 Å². The predicted octanol–water partition coefficient (Wildman–Crippen LogP) is 2.56. The molecule has 19 heavy (non-hydrogen) atoms. The number of amides is 1. The van der Waals surface area contributed by atoms with Gasteiger partial charge >= 0.3 is 5.69 Å². The lowest BCUT2D eigenvalue weighted by molar-refractivity contribution is -0.385. The van der Waals surface area contributed by atoms with Gasteiger partial charge in [-0.1, -0.05) is 13.0 Å². The zero-order valence-corrected chi connectivity index (χ0v) is 11.3. The van der Waals surface area contributed by atoms with Crippen LogP contribution in [0.1, 0.15) is 37.6 Å². The first kappa shape index (κ1) is 14.9. The van der Waals surface area contributed by atoms with Gasteiger partial charge in [0.05, 0.1) is 10.5 Å². The number of nitrogens with zero attached hydrogens (tertiary/aromatic N) is 2. The Morgan fingerprint density at radius 3 is 2.58 bits per heavy atom. The summed E-state index contributed by atoms with van der Waals surface area (Å²) in [6.45, 7) is 6.21. The van der Waals surface area contributed by atoms with E-state index in [0.29, 0.717) is 6.54 Å². The number of nitro benzene ring substituents is 1. The van der Waals surface area contributed by atoms with Gasteiger partial charge in [0.15, 0.2) is 0 Å². The smallest absolute Gasteiger partial charge is 0.311 e. The Morgan fingerprint density at radius 2 is 2.11 bits per heavy atom. The fraction of sp³-hybridized carbons (Fsp3) is 0.462. The topological polar surface area (TPSA) is 83.7 Å². The number of carbonyl (C=O) groups excluding carboxylic acids is 1. The molecule has 0 bridgehead atoms. The van der Waals surface area contributed by atoms with E-state index in [1.54, 1.807) is 4.90 Å². The van der Waals surface area contributed by atoms with Crippen LogP contribution in [-0.2, 0) is 0 Å². The quantitative estimate of drug-likeness (QED) is 0.655. The molecule has 0 radical (unpaired) electrons. The van der Waals surface area contributed by atoms with Crippen molar-refractivity contribution >= 4 is 11.6 Å². The molecule has 0 unspecified atom stereocenters. The summed E-state index contributed by atoms with van der Waals surface area (Å²) in [6.07, 6.45) is 0.777. The zero-order valence-electron chi connectivity index (χ0n) is 11.3. The van der Waals surface area contributed by atoms with Crippen molar-refractivity contribution in [1.29, 1.82) is 0 Å². The van der Waals surface area contributed by atoms with Crippen molar-refractivity contribution in [1.82, 2.24) is 4.90 Å². The van der Waals surface area contributed by atoms with Crippen molar-refractivity contribution in [2.24, 2.45) is 0 Å². The summed E-state index contributed by atoms with van der Waals surface area (Å²) < 4.78 is 0. The summed E-state index contributed by atoms with van der Waals surface area (Å²) in [5.41, 5.74) is -0.484. The van der Waals surface area contributed by atoms with E-state index in [1.807, 2.05) is 20.8 Å². The lowest BCUT2D eigenvalue weighted by Gasteiger charge is -2.26. The zero-order chi connectivity index (χ0) is 14.6. The van der Waals surface area contributed by atoms with Gasteiger partial charge in [-0.2, -0.15) is 0 Å². The molecule has 0 aliphatic rings. The molecular formula is C13H18N2O4. The number of carbonyl (C=O) groups is 1. The molecule has 6 nitrogen and oxygen atoms in total. The van der Waals surface area contributed by atoms with Crippen LogP contribution in [-0.4, -0.2) is 33.4 Å². The van der Waals surface area contributed by atoms with Crippen LogP contribution >= 0.6 is 0 Å². The molecule has 1 amide bonds. The average Bonchev–Trinajstić information content (AvgIpc) is 2.34. The van der Waals surface area contributed by atoms with E-state index in [4.69, 9.17) is 0 Å². The maximum atomic E-state index is 12.3. The van der Waals surface area contributed by atoms with Crippen molar-refractivity contribution < 1.29 is 14.8 Å². The molecule has 0 atom stereocenters. The standard InChI is InChI=1S/C13H18N2O4/c1-4-8-14(9(2)3)13(17)10-6-5-7-11(12(10)16)15(18)19/h5-7,9,16H,4,8H2,1-3H3. The predicted molar refractivity (Wildman–Crippen MR) is 71.2 cm³/mol. The third-order valence-electron chi connectivity index (χ3n) is 2.79. The molecule has 0 aliphatic heterocycles. The Morgan fingerprint density at radius 1 is 1.47 bits per heavy atom. The molecule has 6 heteroatoms. The number of phenolic OH excluding ortho intramolecular Hbond substituents is 1. The van der Waals surface area contributed by atoms with Gasteiger partial charge in [-0.05, 0) is 26.3 Å². The minimum Gasteiger partial charge on any atom is -0.502 e. The molecule has 1 N–H and O–H groups in total. The van der Waals surface area contributed by atoms with Crippen LogP contribution in [0.25, 0.3) is 0 Å². The Balaban J connectivity index is 3.18. The van der Waals surface area contributed by atoms with E-state index < -0.39 is 22.3 Å². The normalized spacial score (nSPS) is 10.5. The summed E-state index contributed by atoms with van der Waals surface area (Å²) in [5, 5.41) is 20.6. The van der Waals surface area contributed by atoms with Gasteiger partial charge in [-0.15, -0.1) is 0 Å². The fourth-order valence-electron chi connectivity index (χ4n) is 1.84. The number of nitro groups is 1. The summed E-state index contributed by atoms with van der Waals surface area (Å²) in [6, 6.07) is 3.93. The van der Waals surface area contributed by atoms with Crippen molar-refractivity contribution in [2.75, 3.05) is 6.54 Å². The third kappa shape index (κ3) is 3.21. The van der Waals surface area contributed by atoms with E-state index >= 15 is 0 Å². The number of benzene rings is 1. The van der Waals surface area contributed by atoms with Crippen LogP contribution < -0.4 is 0 Å². The van der Waals surface area contributed by atoms with Crippen LogP contribution in [0.15, 0.2) is 18.2 Å². The molecule has 0 aromatic heterocycles. The lowest BCUT2D eigenvalue weighted by Crippen LogP contribution is -2.37. The van der Waals surface area contributed by atoms with E-state index in [9.17, 15) is 20.0 Å². The summed E-state index contributed by atoms with van der Waals surface area (Å²) in [7, 11) is 0. The van der Waals surface area contributed by atoms with E-state index in [1.165, 1.54) is 18.2 Å². The Bertz CT molecular complexity index is 486. The highest BCUT2D eigenvalue weighted by Gasteiger charge is 2.25. The SMILES string of the molecule is CCCN(C(=O)c1cccc([N+](=O)[O-])c1O)C(C)C. The molecule has 0 heterocycles. The Kier molecular flexibility index (Phi) is 4.86. The second-order valence-corrected chi connectivity index (χ2v) is 4.52.